The van der Waals surface area contributed by atoms with Gasteiger partial charge in [0.25, 0.3) is 0 Å². The summed E-state index contributed by atoms with van der Waals surface area (Å²) < 4.78 is 0. The van der Waals surface area contributed by atoms with Gasteiger partial charge in [-0.15, -0.1) is 11.8 Å². The SMILES string of the molecule is CCS/C(=C/C(=O)O)C1C2CC3CC(C2)CC1C3. The van der Waals surface area contributed by atoms with Crippen molar-refractivity contribution < 1.29 is 9.90 Å². The van der Waals surface area contributed by atoms with Crippen LogP contribution in [-0.4, -0.2) is 16.8 Å². The minimum Gasteiger partial charge on any atom is -0.478 e. The Bertz CT molecular complexity index is 347. The Kier molecular flexibility index (Phi) is 3.44. The highest BCUT2D eigenvalue weighted by molar-refractivity contribution is 8.03. The van der Waals surface area contributed by atoms with Gasteiger partial charge in [0, 0.05) is 6.08 Å². The highest BCUT2D eigenvalue weighted by atomic mass is 32.2. The first-order chi connectivity index (χ1) is 8.67. The molecule has 4 bridgehead atoms. The molecule has 0 heterocycles. The van der Waals surface area contributed by atoms with Gasteiger partial charge in [-0.25, -0.2) is 4.79 Å². The van der Waals surface area contributed by atoms with E-state index < -0.39 is 5.97 Å². The fraction of sp³-hybridized carbons (Fsp3) is 0.800. The lowest BCUT2D eigenvalue weighted by Gasteiger charge is -2.55. The second-order valence-electron chi connectivity index (χ2n) is 6.27. The molecule has 0 atom stereocenters. The first-order valence-corrected chi connectivity index (χ1v) is 8.23. The fourth-order valence-electron chi connectivity index (χ4n) is 4.91. The summed E-state index contributed by atoms with van der Waals surface area (Å²) in [6.07, 6.45) is 8.40. The molecule has 4 aliphatic rings. The number of rotatable bonds is 4. The van der Waals surface area contributed by atoms with Crippen LogP contribution >= 0.6 is 11.8 Å². The van der Waals surface area contributed by atoms with E-state index in [9.17, 15) is 4.79 Å². The second kappa shape index (κ2) is 4.92. The van der Waals surface area contributed by atoms with Crippen LogP contribution in [0, 0.1) is 29.6 Å². The molecule has 0 unspecified atom stereocenters. The molecule has 18 heavy (non-hydrogen) atoms. The number of carbonyl (C=O) groups is 1. The molecule has 4 aliphatic carbocycles. The van der Waals surface area contributed by atoms with E-state index in [0.29, 0.717) is 5.92 Å². The van der Waals surface area contributed by atoms with Gasteiger partial charge in [0.05, 0.1) is 0 Å². The molecule has 0 aliphatic heterocycles. The standard InChI is InChI=1S/C15H22O2S/c1-2-18-13(8-14(16)17)15-11-4-9-3-10(6-11)7-12(15)5-9/h8-12,15H,2-7H2,1H3,(H,16,17)/b13-8+. The molecule has 0 amide bonds. The number of aliphatic carboxylic acids is 1. The van der Waals surface area contributed by atoms with Gasteiger partial charge in [-0.05, 0) is 72.4 Å². The zero-order chi connectivity index (χ0) is 12.7. The van der Waals surface area contributed by atoms with E-state index in [1.807, 2.05) is 0 Å². The van der Waals surface area contributed by atoms with Crippen molar-refractivity contribution in [1.29, 1.82) is 0 Å². The van der Waals surface area contributed by atoms with Crippen LogP contribution in [0.4, 0.5) is 0 Å². The van der Waals surface area contributed by atoms with Crippen molar-refractivity contribution in [2.45, 2.75) is 39.0 Å². The van der Waals surface area contributed by atoms with Crippen LogP contribution in [-0.2, 0) is 4.79 Å². The second-order valence-corrected chi connectivity index (χ2v) is 7.61. The number of hydrogen-bond donors (Lipinski definition) is 1. The number of carboxylic acids is 1. The van der Waals surface area contributed by atoms with Crippen molar-refractivity contribution in [3.05, 3.63) is 11.0 Å². The molecule has 0 aromatic heterocycles. The van der Waals surface area contributed by atoms with Crippen LogP contribution in [0.1, 0.15) is 39.0 Å². The minimum atomic E-state index is -0.764. The Labute approximate surface area is 113 Å². The zero-order valence-electron chi connectivity index (χ0n) is 11.0. The van der Waals surface area contributed by atoms with Gasteiger partial charge in [0.2, 0.25) is 0 Å². The molecule has 0 saturated heterocycles. The van der Waals surface area contributed by atoms with E-state index in [4.69, 9.17) is 5.11 Å². The topological polar surface area (TPSA) is 37.3 Å². The zero-order valence-corrected chi connectivity index (χ0v) is 11.8. The molecule has 0 aromatic rings. The Morgan fingerprint density at radius 1 is 1.17 bits per heavy atom. The van der Waals surface area contributed by atoms with Crippen LogP contribution < -0.4 is 0 Å². The molecule has 2 nitrogen and oxygen atoms in total. The third-order valence-corrected chi connectivity index (χ3v) is 6.14. The maximum absolute atomic E-state index is 11.0. The average Bonchev–Trinajstić information content (AvgIpc) is 2.26. The molecule has 4 rings (SSSR count). The Balaban J connectivity index is 1.84. The predicted molar refractivity (Wildman–Crippen MR) is 74.4 cm³/mol. The van der Waals surface area contributed by atoms with E-state index in [0.717, 1.165) is 29.4 Å². The first-order valence-electron chi connectivity index (χ1n) is 7.24. The molecule has 0 radical (unpaired) electrons. The number of hydrogen-bond acceptors (Lipinski definition) is 2. The van der Waals surface area contributed by atoms with Crippen molar-refractivity contribution in [1.82, 2.24) is 0 Å². The largest absolute Gasteiger partial charge is 0.478 e. The van der Waals surface area contributed by atoms with Gasteiger partial charge < -0.3 is 5.11 Å². The van der Waals surface area contributed by atoms with Crippen molar-refractivity contribution in [2.75, 3.05) is 5.75 Å². The molecule has 4 saturated carbocycles. The lowest BCUT2D eigenvalue weighted by molar-refractivity contribution is -0.131. The molecular weight excluding hydrogens is 244 g/mol. The van der Waals surface area contributed by atoms with Crippen LogP contribution in [0.5, 0.6) is 0 Å². The summed E-state index contributed by atoms with van der Waals surface area (Å²) >= 11 is 1.76. The van der Waals surface area contributed by atoms with Gasteiger partial charge in [-0.3, -0.25) is 0 Å². The maximum Gasteiger partial charge on any atom is 0.329 e. The van der Waals surface area contributed by atoms with Crippen LogP contribution in [0.3, 0.4) is 0 Å². The molecule has 0 spiro atoms. The molecule has 1 N–H and O–H groups in total. The summed E-state index contributed by atoms with van der Waals surface area (Å²) in [5.74, 6) is 4.28. The van der Waals surface area contributed by atoms with Gasteiger partial charge in [0.15, 0.2) is 0 Å². The minimum absolute atomic E-state index is 0.568. The Morgan fingerprint density at radius 2 is 1.72 bits per heavy atom. The predicted octanol–water partition coefficient (Wildman–Crippen LogP) is 3.78. The third-order valence-electron chi connectivity index (χ3n) is 5.13. The average molecular weight is 266 g/mol. The summed E-state index contributed by atoms with van der Waals surface area (Å²) in [5.41, 5.74) is 0. The lowest BCUT2D eigenvalue weighted by Crippen LogP contribution is -2.45. The highest BCUT2D eigenvalue weighted by Gasteiger charge is 2.49. The first kappa shape index (κ1) is 12.6. The van der Waals surface area contributed by atoms with Crippen LogP contribution in [0.15, 0.2) is 11.0 Å². The van der Waals surface area contributed by atoms with E-state index in [1.165, 1.54) is 43.1 Å². The molecular formula is C15H22O2S. The third kappa shape index (κ3) is 2.22. The number of carboxylic acid groups (broad SMARTS) is 1. The highest BCUT2D eigenvalue weighted by Crippen LogP contribution is 2.59. The fourth-order valence-corrected chi connectivity index (χ4v) is 6.01. The molecule has 100 valence electrons. The van der Waals surface area contributed by atoms with Crippen molar-refractivity contribution in [2.24, 2.45) is 29.6 Å². The van der Waals surface area contributed by atoms with E-state index in [2.05, 4.69) is 6.92 Å². The number of allylic oxidation sites excluding steroid dienone is 1. The lowest BCUT2D eigenvalue weighted by atomic mass is 9.52. The van der Waals surface area contributed by atoms with E-state index in [1.54, 1.807) is 11.8 Å². The van der Waals surface area contributed by atoms with Gasteiger partial charge >= 0.3 is 5.97 Å². The number of thioether (sulfide) groups is 1. The van der Waals surface area contributed by atoms with Gasteiger partial charge in [-0.2, -0.15) is 0 Å². The molecule has 3 heteroatoms. The molecule has 0 aromatic carbocycles. The summed E-state index contributed by atoms with van der Waals surface area (Å²) in [4.78, 5) is 12.2. The summed E-state index contributed by atoms with van der Waals surface area (Å²) in [7, 11) is 0. The Morgan fingerprint density at radius 3 is 2.17 bits per heavy atom. The summed E-state index contributed by atoms with van der Waals surface area (Å²) in [5, 5.41) is 9.08. The summed E-state index contributed by atoms with van der Waals surface area (Å²) in [6.45, 7) is 2.12. The van der Waals surface area contributed by atoms with E-state index >= 15 is 0 Å². The van der Waals surface area contributed by atoms with Crippen LogP contribution in [0.25, 0.3) is 0 Å². The Hall–Kier alpha value is -0.440. The maximum atomic E-state index is 11.0. The van der Waals surface area contributed by atoms with Crippen molar-refractivity contribution >= 4 is 17.7 Å². The van der Waals surface area contributed by atoms with Crippen LogP contribution in [0.2, 0.25) is 0 Å². The quantitative estimate of drug-likeness (QED) is 0.787. The van der Waals surface area contributed by atoms with Crippen molar-refractivity contribution in [3.8, 4) is 0 Å². The monoisotopic (exact) mass is 266 g/mol. The van der Waals surface area contributed by atoms with Gasteiger partial charge in [0.1, 0.15) is 0 Å². The van der Waals surface area contributed by atoms with Crippen molar-refractivity contribution in [3.63, 3.8) is 0 Å². The van der Waals surface area contributed by atoms with Gasteiger partial charge in [-0.1, -0.05) is 6.92 Å². The van der Waals surface area contributed by atoms with E-state index in [-0.39, 0.29) is 0 Å². The molecule has 4 fully saturated rings. The summed E-state index contributed by atoms with van der Waals surface area (Å²) in [6, 6.07) is 0. The normalized spacial score (nSPS) is 42.3. The smallest absolute Gasteiger partial charge is 0.329 e.